The molecule has 0 bridgehead atoms. The Morgan fingerprint density at radius 1 is 1.67 bits per heavy atom. The molecule has 1 aliphatic carbocycles. The fourth-order valence-electron chi connectivity index (χ4n) is 1.92. The first kappa shape index (κ1) is 5.42. The lowest BCUT2D eigenvalue weighted by molar-refractivity contribution is -0.111. The molecule has 50 valence electrons. The SMILES string of the molecule is CN1CC2CC2C1C=O. The molecule has 0 aromatic heterocycles. The highest BCUT2D eigenvalue weighted by Crippen LogP contribution is 2.47. The molecule has 0 aromatic rings. The molecule has 0 N–H and O–H groups in total. The number of rotatable bonds is 1. The van der Waals surface area contributed by atoms with E-state index in [0.717, 1.165) is 24.7 Å². The molecule has 1 saturated carbocycles. The standard InChI is InChI=1S/C7H11NO/c1-8-3-5-2-6(5)7(8)4-9/h4-7H,2-3H2,1H3. The van der Waals surface area contributed by atoms with Crippen molar-refractivity contribution in [2.24, 2.45) is 11.8 Å². The number of fused-ring (bicyclic) bond motifs is 1. The van der Waals surface area contributed by atoms with Gasteiger partial charge in [0.15, 0.2) is 0 Å². The van der Waals surface area contributed by atoms with Crippen LogP contribution in [0.25, 0.3) is 0 Å². The molecule has 2 fully saturated rings. The van der Waals surface area contributed by atoms with E-state index >= 15 is 0 Å². The van der Waals surface area contributed by atoms with E-state index in [2.05, 4.69) is 4.90 Å². The van der Waals surface area contributed by atoms with Gasteiger partial charge in [0.1, 0.15) is 6.29 Å². The van der Waals surface area contributed by atoms with Crippen LogP contribution in [-0.4, -0.2) is 30.8 Å². The minimum atomic E-state index is 0.259. The number of nitrogens with zero attached hydrogens (tertiary/aromatic N) is 1. The number of piperidine rings is 1. The van der Waals surface area contributed by atoms with Gasteiger partial charge in [-0.3, -0.25) is 4.90 Å². The van der Waals surface area contributed by atoms with Gasteiger partial charge in [-0.1, -0.05) is 0 Å². The highest BCUT2D eigenvalue weighted by atomic mass is 16.1. The summed E-state index contributed by atoms with van der Waals surface area (Å²) in [6.45, 7) is 1.15. The molecule has 2 aliphatic rings. The lowest BCUT2D eigenvalue weighted by atomic mass is 10.2. The van der Waals surface area contributed by atoms with Crippen LogP contribution in [-0.2, 0) is 4.79 Å². The number of likely N-dealkylation sites (N-methyl/N-ethyl adjacent to an activating group) is 1. The van der Waals surface area contributed by atoms with Crippen molar-refractivity contribution in [2.45, 2.75) is 12.5 Å². The molecule has 2 heteroatoms. The summed E-state index contributed by atoms with van der Waals surface area (Å²) in [6.07, 6.45) is 2.39. The molecular formula is C7H11NO. The summed E-state index contributed by atoms with van der Waals surface area (Å²) >= 11 is 0. The monoisotopic (exact) mass is 125 g/mol. The maximum Gasteiger partial charge on any atom is 0.137 e. The fourth-order valence-corrected chi connectivity index (χ4v) is 1.92. The van der Waals surface area contributed by atoms with Crippen molar-refractivity contribution >= 4 is 6.29 Å². The van der Waals surface area contributed by atoms with E-state index in [1.54, 1.807) is 0 Å². The average Bonchev–Trinajstić information content (AvgIpc) is 2.45. The van der Waals surface area contributed by atoms with Crippen LogP contribution in [0.3, 0.4) is 0 Å². The first-order chi connectivity index (χ1) is 4.33. The Morgan fingerprint density at radius 3 is 2.78 bits per heavy atom. The van der Waals surface area contributed by atoms with Crippen LogP contribution < -0.4 is 0 Å². The second-order valence-electron chi connectivity index (χ2n) is 3.23. The molecule has 1 saturated heterocycles. The smallest absolute Gasteiger partial charge is 0.137 e. The average molecular weight is 125 g/mol. The highest BCUT2D eigenvalue weighted by molar-refractivity contribution is 5.60. The minimum absolute atomic E-state index is 0.259. The van der Waals surface area contributed by atoms with Gasteiger partial charge in [-0.25, -0.2) is 0 Å². The first-order valence-corrected chi connectivity index (χ1v) is 3.48. The third-order valence-electron chi connectivity index (χ3n) is 2.59. The summed E-state index contributed by atoms with van der Waals surface area (Å²) < 4.78 is 0. The van der Waals surface area contributed by atoms with Crippen LogP contribution >= 0.6 is 0 Å². The first-order valence-electron chi connectivity index (χ1n) is 3.48. The molecule has 0 aromatic carbocycles. The molecule has 1 aliphatic heterocycles. The predicted molar refractivity (Wildman–Crippen MR) is 34.1 cm³/mol. The predicted octanol–water partition coefficient (Wildman–Crippen LogP) is 0.135. The van der Waals surface area contributed by atoms with E-state index in [9.17, 15) is 4.79 Å². The number of likely N-dealkylation sites (tertiary alicyclic amines) is 1. The Morgan fingerprint density at radius 2 is 2.44 bits per heavy atom. The molecule has 2 nitrogen and oxygen atoms in total. The number of hydrogen-bond acceptors (Lipinski definition) is 2. The van der Waals surface area contributed by atoms with Gasteiger partial charge in [0.25, 0.3) is 0 Å². The molecule has 3 unspecified atom stereocenters. The van der Waals surface area contributed by atoms with E-state index in [1.165, 1.54) is 6.42 Å². The topological polar surface area (TPSA) is 20.3 Å². The maximum absolute atomic E-state index is 10.4. The van der Waals surface area contributed by atoms with Gasteiger partial charge in [0.2, 0.25) is 0 Å². The Balaban J connectivity index is 2.10. The Hall–Kier alpha value is -0.370. The lowest BCUT2D eigenvalue weighted by Gasteiger charge is -2.15. The minimum Gasteiger partial charge on any atom is -0.302 e. The number of hydrogen-bond donors (Lipinski definition) is 0. The summed E-state index contributed by atoms with van der Waals surface area (Å²) in [6, 6.07) is 0.259. The fraction of sp³-hybridized carbons (Fsp3) is 0.857. The summed E-state index contributed by atoms with van der Waals surface area (Å²) in [5, 5.41) is 0. The number of carbonyl (C=O) groups excluding carboxylic acids is 1. The van der Waals surface area contributed by atoms with E-state index in [4.69, 9.17) is 0 Å². The van der Waals surface area contributed by atoms with Crippen molar-refractivity contribution in [3.8, 4) is 0 Å². The van der Waals surface area contributed by atoms with Crippen LogP contribution in [0.1, 0.15) is 6.42 Å². The van der Waals surface area contributed by atoms with Crippen LogP contribution in [0, 0.1) is 11.8 Å². The van der Waals surface area contributed by atoms with Crippen molar-refractivity contribution in [3.05, 3.63) is 0 Å². The zero-order chi connectivity index (χ0) is 6.43. The maximum atomic E-state index is 10.4. The highest BCUT2D eigenvalue weighted by Gasteiger charge is 2.50. The Bertz CT molecular complexity index is 144. The third-order valence-corrected chi connectivity index (χ3v) is 2.59. The van der Waals surface area contributed by atoms with Crippen molar-refractivity contribution < 1.29 is 4.79 Å². The van der Waals surface area contributed by atoms with Crippen LogP contribution in [0.2, 0.25) is 0 Å². The zero-order valence-corrected chi connectivity index (χ0v) is 5.58. The molecule has 3 atom stereocenters. The van der Waals surface area contributed by atoms with E-state index in [0.29, 0.717) is 0 Å². The quantitative estimate of drug-likeness (QED) is 0.464. The summed E-state index contributed by atoms with van der Waals surface area (Å²) in [4.78, 5) is 12.6. The van der Waals surface area contributed by atoms with E-state index < -0.39 is 0 Å². The molecule has 0 spiro atoms. The van der Waals surface area contributed by atoms with Gasteiger partial charge in [0.05, 0.1) is 6.04 Å². The van der Waals surface area contributed by atoms with E-state index in [1.807, 2.05) is 7.05 Å². The van der Waals surface area contributed by atoms with Gasteiger partial charge in [-0.05, 0) is 25.3 Å². The van der Waals surface area contributed by atoms with Crippen molar-refractivity contribution in [1.29, 1.82) is 0 Å². The Labute approximate surface area is 54.8 Å². The normalized spacial score (nSPS) is 48.8. The molecule has 0 radical (unpaired) electrons. The summed E-state index contributed by atoms with van der Waals surface area (Å²) in [5.74, 6) is 1.60. The molecule has 1 heterocycles. The van der Waals surface area contributed by atoms with Crippen molar-refractivity contribution in [3.63, 3.8) is 0 Å². The van der Waals surface area contributed by atoms with Gasteiger partial charge in [-0.2, -0.15) is 0 Å². The van der Waals surface area contributed by atoms with Gasteiger partial charge in [-0.15, -0.1) is 0 Å². The largest absolute Gasteiger partial charge is 0.302 e. The number of aldehydes is 1. The van der Waals surface area contributed by atoms with Crippen molar-refractivity contribution in [1.82, 2.24) is 4.90 Å². The van der Waals surface area contributed by atoms with Crippen molar-refractivity contribution in [2.75, 3.05) is 13.6 Å². The van der Waals surface area contributed by atoms with Gasteiger partial charge in [0, 0.05) is 6.54 Å². The second-order valence-corrected chi connectivity index (χ2v) is 3.23. The van der Waals surface area contributed by atoms with Gasteiger partial charge >= 0.3 is 0 Å². The second kappa shape index (κ2) is 1.57. The molecule has 2 rings (SSSR count). The van der Waals surface area contributed by atoms with Crippen LogP contribution in [0.5, 0.6) is 0 Å². The molecular weight excluding hydrogens is 114 g/mol. The van der Waals surface area contributed by atoms with Gasteiger partial charge < -0.3 is 4.79 Å². The molecule has 0 amide bonds. The van der Waals surface area contributed by atoms with E-state index in [-0.39, 0.29) is 6.04 Å². The third kappa shape index (κ3) is 0.628. The Kier molecular flexibility index (Phi) is 0.943. The lowest BCUT2D eigenvalue weighted by Crippen LogP contribution is -2.30. The summed E-state index contributed by atoms with van der Waals surface area (Å²) in [5.41, 5.74) is 0. The molecule has 9 heavy (non-hydrogen) atoms. The van der Waals surface area contributed by atoms with Crippen LogP contribution in [0.15, 0.2) is 0 Å². The number of carbonyl (C=O) groups is 1. The van der Waals surface area contributed by atoms with Crippen LogP contribution in [0.4, 0.5) is 0 Å². The summed E-state index contributed by atoms with van der Waals surface area (Å²) in [7, 11) is 2.03. The zero-order valence-electron chi connectivity index (χ0n) is 5.58.